The highest BCUT2D eigenvalue weighted by Crippen LogP contribution is 2.40. The van der Waals surface area contributed by atoms with Crippen LogP contribution in [0.15, 0.2) is 57.6 Å². The Morgan fingerprint density at radius 3 is 2.70 bits per heavy atom. The minimum atomic E-state index is -0.694. The van der Waals surface area contributed by atoms with Crippen LogP contribution in [0.3, 0.4) is 0 Å². The van der Waals surface area contributed by atoms with Crippen molar-refractivity contribution in [2.45, 2.75) is 15.6 Å². The van der Waals surface area contributed by atoms with Crippen molar-refractivity contribution in [3.8, 4) is 0 Å². The molecule has 0 fully saturated rings. The number of halogens is 2. The number of nitrogens with one attached hydrogen (secondary N) is 1. The Bertz CT molecular complexity index is 998. The Morgan fingerprint density at radius 1 is 1.30 bits per heavy atom. The van der Waals surface area contributed by atoms with Gasteiger partial charge in [0.25, 0.3) is 5.01 Å². The number of benzene rings is 2. The minimum Gasteiger partial charge on any atom is -0.358 e. The normalized spacial score (nSPS) is 10.6. The van der Waals surface area contributed by atoms with Gasteiger partial charge in [-0.3, -0.25) is 4.79 Å². The zero-order valence-corrected chi connectivity index (χ0v) is 15.9. The maximum atomic E-state index is 14.0. The van der Waals surface area contributed by atoms with Crippen molar-refractivity contribution in [1.29, 1.82) is 0 Å². The molecule has 3 rings (SSSR count). The van der Waals surface area contributed by atoms with Gasteiger partial charge in [0.15, 0.2) is 4.21 Å². The summed E-state index contributed by atoms with van der Waals surface area (Å²) in [6.45, 7) is 0.265. The molecule has 0 atom stereocenters. The number of aromatic nitrogens is 1. The van der Waals surface area contributed by atoms with E-state index in [1.165, 1.54) is 12.1 Å². The summed E-state index contributed by atoms with van der Waals surface area (Å²) in [7, 11) is 0. The summed E-state index contributed by atoms with van der Waals surface area (Å²) < 4.78 is 14.1. The predicted octanol–water partition coefficient (Wildman–Crippen LogP) is 4.93. The van der Waals surface area contributed by atoms with Gasteiger partial charge in [-0.25, -0.2) is 4.39 Å². The lowest BCUT2D eigenvalue weighted by Crippen LogP contribution is -2.22. The van der Waals surface area contributed by atoms with Gasteiger partial charge < -0.3 is 15.4 Å². The van der Waals surface area contributed by atoms with Gasteiger partial charge in [-0.2, -0.15) is 0 Å². The monoisotopic (exact) mass is 423 g/mol. The van der Waals surface area contributed by atoms with E-state index in [9.17, 15) is 19.3 Å². The Labute approximate surface area is 166 Å². The molecule has 10 heteroatoms. The second-order valence-corrected chi connectivity index (χ2v) is 7.98. The average molecular weight is 424 g/mol. The van der Waals surface area contributed by atoms with Crippen LogP contribution < -0.4 is 5.32 Å². The van der Waals surface area contributed by atoms with Gasteiger partial charge in [-0.05, 0) is 33.7 Å². The Balaban J connectivity index is 1.80. The third-order valence-electron chi connectivity index (χ3n) is 3.34. The molecule has 0 bridgehead atoms. The van der Waals surface area contributed by atoms with E-state index in [1.54, 1.807) is 0 Å². The van der Waals surface area contributed by atoms with Crippen LogP contribution >= 0.6 is 34.7 Å². The molecule has 6 nitrogen and oxygen atoms in total. The SMILES string of the molecule is O=C(NCc1ccccc1)c1nc([N+](=O)[O-])c(Sc2ccc(Cl)cc2F)s1. The molecule has 0 aliphatic carbocycles. The Kier molecular flexibility index (Phi) is 6.04. The van der Waals surface area contributed by atoms with Crippen LogP contribution in [0.2, 0.25) is 5.02 Å². The van der Waals surface area contributed by atoms with E-state index in [2.05, 4.69) is 10.3 Å². The van der Waals surface area contributed by atoms with E-state index in [4.69, 9.17) is 11.6 Å². The van der Waals surface area contributed by atoms with Crippen LogP contribution in [-0.2, 0) is 6.54 Å². The summed E-state index contributed by atoms with van der Waals surface area (Å²) in [5.41, 5.74) is 0.884. The standard InChI is InChI=1S/C17H11ClFN3O3S2/c18-11-6-7-13(12(19)8-11)26-17-14(22(24)25)21-16(27-17)15(23)20-9-10-4-2-1-3-5-10/h1-8H,9H2,(H,20,23). The van der Waals surface area contributed by atoms with Gasteiger partial charge in [-0.1, -0.05) is 65.0 Å². The number of carbonyl (C=O) groups is 1. The average Bonchev–Trinajstić information content (AvgIpc) is 3.07. The van der Waals surface area contributed by atoms with Crippen LogP contribution in [0.25, 0.3) is 0 Å². The molecule has 0 saturated heterocycles. The number of carbonyl (C=O) groups excluding carboxylic acids is 1. The molecule has 1 aromatic heterocycles. The molecule has 2 aromatic carbocycles. The van der Waals surface area contributed by atoms with Crippen molar-refractivity contribution in [1.82, 2.24) is 10.3 Å². The fourth-order valence-corrected chi connectivity index (χ4v) is 4.31. The first kappa shape index (κ1) is 19.3. The third-order valence-corrected chi connectivity index (χ3v) is 5.83. The smallest absolute Gasteiger partial charge is 0.358 e. The van der Waals surface area contributed by atoms with Gasteiger partial charge in [0.1, 0.15) is 5.82 Å². The molecule has 1 amide bonds. The fraction of sp³-hybridized carbons (Fsp3) is 0.0588. The van der Waals surface area contributed by atoms with E-state index >= 15 is 0 Å². The quantitative estimate of drug-likeness (QED) is 0.449. The van der Waals surface area contributed by atoms with Gasteiger partial charge in [0, 0.05) is 16.5 Å². The molecule has 0 unspecified atom stereocenters. The van der Waals surface area contributed by atoms with E-state index in [0.29, 0.717) is 0 Å². The van der Waals surface area contributed by atoms with E-state index in [0.717, 1.165) is 34.7 Å². The van der Waals surface area contributed by atoms with E-state index in [-0.39, 0.29) is 25.7 Å². The third kappa shape index (κ3) is 4.82. The number of nitrogens with zero attached hydrogens (tertiary/aromatic N) is 2. The molecule has 0 spiro atoms. The molecule has 1 heterocycles. The molecule has 138 valence electrons. The first-order valence-electron chi connectivity index (χ1n) is 7.54. The molecule has 0 aliphatic rings. The van der Waals surface area contributed by atoms with Crippen molar-refractivity contribution in [3.05, 3.63) is 80.1 Å². The van der Waals surface area contributed by atoms with Crippen LogP contribution in [0, 0.1) is 15.9 Å². The zero-order valence-electron chi connectivity index (χ0n) is 13.5. The second kappa shape index (κ2) is 8.47. The number of hydrogen-bond donors (Lipinski definition) is 1. The van der Waals surface area contributed by atoms with E-state index in [1.807, 2.05) is 30.3 Å². The van der Waals surface area contributed by atoms with Gasteiger partial charge in [0.05, 0.1) is 0 Å². The molecular weight excluding hydrogens is 413 g/mol. The lowest BCUT2D eigenvalue weighted by atomic mass is 10.2. The van der Waals surface area contributed by atoms with Crippen LogP contribution in [-0.4, -0.2) is 15.8 Å². The Morgan fingerprint density at radius 2 is 2.04 bits per heavy atom. The molecule has 3 aromatic rings. The summed E-state index contributed by atoms with van der Waals surface area (Å²) in [5, 5.41) is 14.1. The molecule has 0 saturated carbocycles. The summed E-state index contributed by atoms with van der Waals surface area (Å²) in [5.74, 6) is -1.62. The maximum absolute atomic E-state index is 14.0. The lowest BCUT2D eigenvalue weighted by Gasteiger charge is -2.01. The number of rotatable bonds is 6. The van der Waals surface area contributed by atoms with Crippen molar-refractivity contribution in [2.24, 2.45) is 0 Å². The first-order chi connectivity index (χ1) is 12.9. The molecule has 1 N–H and O–H groups in total. The summed E-state index contributed by atoms with van der Waals surface area (Å²) >= 11 is 7.38. The van der Waals surface area contributed by atoms with E-state index < -0.39 is 22.5 Å². The highest BCUT2D eigenvalue weighted by Gasteiger charge is 2.28. The molecule has 0 radical (unpaired) electrons. The van der Waals surface area contributed by atoms with Crippen LogP contribution in [0.5, 0.6) is 0 Å². The highest BCUT2D eigenvalue weighted by molar-refractivity contribution is 8.01. The lowest BCUT2D eigenvalue weighted by molar-refractivity contribution is -0.391. The highest BCUT2D eigenvalue weighted by atomic mass is 35.5. The van der Waals surface area contributed by atoms with Crippen LogP contribution in [0.4, 0.5) is 10.2 Å². The Hall–Kier alpha value is -2.49. The number of thiazole rings is 1. The summed E-state index contributed by atoms with van der Waals surface area (Å²) in [6, 6.07) is 13.2. The molecule has 27 heavy (non-hydrogen) atoms. The van der Waals surface area contributed by atoms with Gasteiger partial charge in [-0.15, -0.1) is 0 Å². The van der Waals surface area contributed by atoms with Crippen molar-refractivity contribution >= 4 is 46.4 Å². The topological polar surface area (TPSA) is 85.1 Å². The fourth-order valence-electron chi connectivity index (χ4n) is 2.09. The molecule has 0 aliphatic heterocycles. The van der Waals surface area contributed by atoms with Crippen LogP contribution in [0.1, 0.15) is 15.4 Å². The minimum absolute atomic E-state index is 0.0606. The molecular formula is C17H11ClFN3O3S2. The largest absolute Gasteiger partial charge is 0.389 e. The number of nitro groups is 1. The number of amides is 1. The number of hydrogen-bond acceptors (Lipinski definition) is 6. The summed E-state index contributed by atoms with van der Waals surface area (Å²) in [4.78, 5) is 26.8. The first-order valence-corrected chi connectivity index (χ1v) is 9.55. The van der Waals surface area contributed by atoms with Crippen molar-refractivity contribution in [2.75, 3.05) is 0 Å². The maximum Gasteiger partial charge on any atom is 0.389 e. The zero-order chi connectivity index (χ0) is 19.4. The summed E-state index contributed by atoms with van der Waals surface area (Å²) in [6.07, 6.45) is 0. The second-order valence-electron chi connectivity index (χ2n) is 5.23. The van der Waals surface area contributed by atoms with Gasteiger partial charge >= 0.3 is 11.7 Å². The van der Waals surface area contributed by atoms with Crippen molar-refractivity contribution in [3.63, 3.8) is 0 Å². The van der Waals surface area contributed by atoms with Gasteiger partial charge in [0.2, 0.25) is 0 Å². The predicted molar refractivity (Wildman–Crippen MR) is 102 cm³/mol. The van der Waals surface area contributed by atoms with Crippen molar-refractivity contribution < 1.29 is 14.1 Å².